The average Bonchev–Trinajstić information content (AvgIpc) is 2.18. The molecule has 0 saturated heterocycles. The van der Waals surface area contributed by atoms with Crippen LogP contribution in [0.4, 0.5) is 5.69 Å². The predicted molar refractivity (Wildman–Crippen MR) is 83.0 cm³/mol. The molecule has 0 amide bonds. The molecule has 98 valence electrons. The van der Waals surface area contributed by atoms with Crippen LogP contribution in [0.15, 0.2) is 29.3 Å². The lowest BCUT2D eigenvalue weighted by molar-refractivity contribution is 0.819. The van der Waals surface area contributed by atoms with Gasteiger partial charge in [0.1, 0.15) is 0 Å². The lowest BCUT2D eigenvalue weighted by Crippen LogP contribution is -2.08. The van der Waals surface area contributed by atoms with Gasteiger partial charge < -0.3 is 11.5 Å². The van der Waals surface area contributed by atoms with Crippen LogP contribution < -0.4 is 11.5 Å². The third-order valence-electron chi connectivity index (χ3n) is 1.95. The molecule has 0 saturated carbocycles. The molecular formula is C11H19Cl2N3S. The third kappa shape index (κ3) is 6.17. The number of rotatable bonds is 3. The Balaban J connectivity index is 0. The Bertz CT molecular complexity index is 356. The van der Waals surface area contributed by atoms with Crippen LogP contribution in [0.25, 0.3) is 0 Å². The monoisotopic (exact) mass is 295 g/mol. The van der Waals surface area contributed by atoms with Crippen molar-refractivity contribution in [3.8, 4) is 0 Å². The summed E-state index contributed by atoms with van der Waals surface area (Å²) in [5.41, 5.74) is 13.5. The average molecular weight is 296 g/mol. The Labute approximate surface area is 119 Å². The molecule has 0 spiro atoms. The van der Waals surface area contributed by atoms with E-state index in [0.29, 0.717) is 5.17 Å². The maximum atomic E-state index is 5.85. The van der Waals surface area contributed by atoms with E-state index in [0.717, 1.165) is 17.0 Å². The lowest BCUT2D eigenvalue weighted by Gasteiger charge is -2.09. The number of hydrogen-bond acceptors (Lipinski definition) is 3. The number of aliphatic imine (C=N–C) groups is 1. The van der Waals surface area contributed by atoms with Crippen molar-refractivity contribution in [2.24, 2.45) is 16.5 Å². The Morgan fingerprint density at radius 2 is 1.94 bits per heavy atom. The molecule has 0 bridgehead atoms. The highest BCUT2D eigenvalue weighted by atomic mass is 35.5. The molecule has 0 aliphatic rings. The van der Waals surface area contributed by atoms with Crippen molar-refractivity contribution in [1.29, 1.82) is 0 Å². The van der Waals surface area contributed by atoms with Gasteiger partial charge in [-0.05, 0) is 24.3 Å². The molecule has 0 aliphatic carbocycles. The number of nitrogens with two attached hydrogens (primary N) is 2. The molecule has 0 radical (unpaired) electrons. The molecule has 1 unspecified atom stereocenters. The van der Waals surface area contributed by atoms with E-state index in [9.17, 15) is 0 Å². The largest absolute Gasteiger partial charge is 0.378 e. The zero-order valence-corrected chi connectivity index (χ0v) is 12.4. The van der Waals surface area contributed by atoms with Crippen molar-refractivity contribution in [3.05, 3.63) is 29.8 Å². The van der Waals surface area contributed by atoms with Crippen LogP contribution in [-0.4, -0.2) is 10.9 Å². The number of halogens is 2. The lowest BCUT2D eigenvalue weighted by atomic mass is 10.1. The maximum Gasteiger partial charge on any atom is 0.159 e. The zero-order valence-electron chi connectivity index (χ0n) is 9.92. The summed E-state index contributed by atoms with van der Waals surface area (Å²) in [7, 11) is 0. The number of hydrogen-bond donors (Lipinski definition) is 2. The van der Waals surface area contributed by atoms with Crippen LogP contribution >= 0.6 is 36.6 Å². The van der Waals surface area contributed by atoms with Crippen molar-refractivity contribution >= 4 is 47.4 Å². The van der Waals surface area contributed by atoms with Gasteiger partial charge in [0.2, 0.25) is 0 Å². The van der Waals surface area contributed by atoms with E-state index in [4.69, 9.17) is 11.5 Å². The first-order chi connectivity index (χ1) is 7.15. The summed E-state index contributed by atoms with van der Waals surface area (Å²) in [6, 6.07) is 7.79. The fraction of sp³-hybridized carbons (Fsp3) is 0.364. The van der Waals surface area contributed by atoms with Gasteiger partial charge in [-0.3, -0.25) is 0 Å². The fourth-order valence-corrected chi connectivity index (χ4v) is 1.73. The van der Waals surface area contributed by atoms with E-state index < -0.39 is 0 Å². The molecule has 3 nitrogen and oxygen atoms in total. The zero-order chi connectivity index (χ0) is 11.3. The summed E-state index contributed by atoms with van der Waals surface area (Å²) in [5, 5.41) is 0.589. The highest BCUT2D eigenvalue weighted by molar-refractivity contribution is 8.13. The molecule has 0 fully saturated rings. The van der Waals surface area contributed by atoms with Crippen LogP contribution in [0.5, 0.6) is 0 Å². The first kappa shape index (κ1) is 18.9. The van der Waals surface area contributed by atoms with Crippen LogP contribution in [0.1, 0.15) is 25.5 Å². The molecule has 1 rings (SSSR count). The summed E-state index contributed by atoms with van der Waals surface area (Å²) in [6.07, 6.45) is 0. The second-order valence-electron chi connectivity index (χ2n) is 3.23. The standard InChI is InChI=1S/C11H17N3S.2ClH/c1-3-15-11(13)14-10-7-5-4-6-9(10)8(2)12;;/h4-8H,3,12H2,1-2H3,(H2,13,14);2*1H. The Morgan fingerprint density at radius 1 is 1.35 bits per heavy atom. The molecule has 17 heavy (non-hydrogen) atoms. The highest BCUT2D eigenvalue weighted by Crippen LogP contribution is 2.24. The van der Waals surface area contributed by atoms with Gasteiger partial charge in [0.25, 0.3) is 0 Å². The molecule has 1 aromatic rings. The van der Waals surface area contributed by atoms with Gasteiger partial charge in [0, 0.05) is 6.04 Å². The number of para-hydroxylation sites is 1. The van der Waals surface area contributed by atoms with E-state index in [-0.39, 0.29) is 30.9 Å². The maximum absolute atomic E-state index is 5.85. The van der Waals surface area contributed by atoms with Gasteiger partial charge in [0.15, 0.2) is 5.17 Å². The van der Waals surface area contributed by atoms with E-state index in [1.54, 1.807) is 0 Å². The predicted octanol–water partition coefficient (Wildman–Crippen LogP) is 3.25. The second kappa shape index (κ2) is 9.59. The summed E-state index contributed by atoms with van der Waals surface area (Å²) in [6.45, 7) is 3.99. The van der Waals surface area contributed by atoms with Crippen LogP contribution in [0, 0.1) is 0 Å². The smallest absolute Gasteiger partial charge is 0.159 e. The van der Waals surface area contributed by atoms with E-state index in [1.807, 2.05) is 38.1 Å². The number of thioether (sulfide) groups is 1. The van der Waals surface area contributed by atoms with Gasteiger partial charge in [-0.2, -0.15) is 0 Å². The van der Waals surface area contributed by atoms with Gasteiger partial charge >= 0.3 is 0 Å². The molecule has 0 aromatic heterocycles. The number of nitrogens with zero attached hydrogens (tertiary/aromatic N) is 1. The first-order valence-electron chi connectivity index (χ1n) is 4.96. The van der Waals surface area contributed by atoms with Gasteiger partial charge in [-0.25, -0.2) is 4.99 Å². The summed E-state index contributed by atoms with van der Waals surface area (Å²) < 4.78 is 0. The molecule has 0 aliphatic heterocycles. The van der Waals surface area contributed by atoms with E-state index in [2.05, 4.69) is 4.99 Å². The minimum atomic E-state index is -0.0237. The first-order valence-corrected chi connectivity index (χ1v) is 5.95. The van der Waals surface area contributed by atoms with Gasteiger partial charge in [-0.15, -0.1) is 24.8 Å². The Morgan fingerprint density at radius 3 is 2.47 bits per heavy atom. The third-order valence-corrected chi connectivity index (χ3v) is 2.63. The van der Waals surface area contributed by atoms with Gasteiger partial charge in [-0.1, -0.05) is 36.9 Å². The molecule has 4 N–H and O–H groups in total. The molecule has 0 heterocycles. The summed E-state index contributed by atoms with van der Waals surface area (Å²) in [5.74, 6) is 0.926. The van der Waals surface area contributed by atoms with Crippen molar-refractivity contribution in [3.63, 3.8) is 0 Å². The van der Waals surface area contributed by atoms with E-state index >= 15 is 0 Å². The van der Waals surface area contributed by atoms with Crippen LogP contribution in [0.2, 0.25) is 0 Å². The van der Waals surface area contributed by atoms with Crippen molar-refractivity contribution < 1.29 is 0 Å². The molecular weight excluding hydrogens is 277 g/mol. The van der Waals surface area contributed by atoms with Crippen LogP contribution in [-0.2, 0) is 0 Å². The molecule has 1 atom stereocenters. The van der Waals surface area contributed by atoms with Crippen molar-refractivity contribution in [1.82, 2.24) is 0 Å². The number of amidine groups is 1. The van der Waals surface area contributed by atoms with Crippen molar-refractivity contribution in [2.45, 2.75) is 19.9 Å². The topological polar surface area (TPSA) is 64.4 Å². The summed E-state index contributed by atoms with van der Waals surface area (Å²) >= 11 is 1.53. The molecule has 1 aromatic carbocycles. The Hall–Kier alpha value is -0.420. The minimum absolute atomic E-state index is 0. The summed E-state index contributed by atoms with van der Waals surface area (Å²) in [4.78, 5) is 4.35. The van der Waals surface area contributed by atoms with E-state index in [1.165, 1.54) is 11.8 Å². The van der Waals surface area contributed by atoms with Crippen LogP contribution in [0.3, 0.4) is 0 Å². The SMILES string of the molecule is CCSC(N)=Nc1ccccc1C(C)N.Cl.Cl. The normalized spacial score (nSPS) is 12.3. The number of benzene rings is 1. The van der Waals surface area contributed by atoms with Crippen molar-refractivity contribution in [2.75, 3.05) is 5.75 Å². The fourth-order valence-electron chi connectivity index (χ4n) is 1.27. The minimum Gasteiger partial charge on any atom is -0.378 e. The quantitative estimate of drug-likeness (QED) is 0.664. The highest BCUT2D eigenvalue weighted by Gasteiger charge is 2.05. The van der Waals surface area contributed by atoms with Gasteiger partial charge in [0.05, 0.1) is 5.69 Å². The second-order valence-corrected chi connectivity index (χ2v) is 4.51. The Kier molecular flexibility index (Phi) is 10.7. The molecule has 6 heteroatoms.